The van der Waals surface area contributed by atoms with Crippen LogP contribution in [0.5, 0.6) is 5.75 Å². The molecular formula is C17H15F3N2O3. The Balaban J connectivity index is 1.65. The molecule has 1 saturated carbocycles. The number of anilines is 1. The van der Waals surface area contributed by atoms with E-state index in [1.165, 1.54) is 17.2 Å². The molecule has 0 radical (unpaired) electrons. The van der Waals surface area contributed by atoms with Crippen LogP contribution in [0.25, 0.3) is 0 Å². The van der Waals surface area contributed by atoms with Gasteiger partial charge in [-0.2, -0.15) is 13.2 Å². The molecule has 0 spiro atoms. The highest BCUT2D eigenvalue weighted by molar-refractivity contribution is 6.05. The van der Waals surface area contributed by atoms with Gasteiger partial charge in [0.05, 0.1) is 17.8 Å². The highest BCUT2D eigenvalue weighted by atomic mass is 19.4. The molecule has 25 heavy (non-hydrogen) atoms. The summed E-state index contributed by atoms with van der Waals surface area (Å²) in [5.41, 5.74) is -0.628. The third-order valence-electron chi connectivity index (χ3n) is 4.59. The van der Waals surface area contributed by atoms with Gasteiger partial charge in [-0.25, -0.2) is 4.98 Å². The van der Waals surface area contributed by atoms with E-state index in [2.05, 4.69) is 4.98 Å². The monoisotopic (exact) mass is 352 g/mol. The lowest BCUT2D eigenvalue weighted by molar-refractivity contribution is -0.137. The van der Waals surface area contributed by atoms with Gasteiger partial charge in [-0.05, 0) is 31.0 Å². The lowest BCUT2D eigenvalue weighted by atomic mass is 9.85. The Kier molecular flexibility index (Phi) is 3.70. The quantitative estimate of drug-likeness (QED) is 0.820. The van der Waals surface area contributed by atoms with Gasteiger partial charge in [0, 0.05) is 5.92 Å². The third kappa shape index (κ3) is 2.85. The fraction of sp³-hybridized carbons (Fsp3) is 0.412. The van der Waals surface area contributed by atoms with Crippen molar-refractivity contribution in [2.75, 3.05) is 18.1 Å². The molecule has 132 valence electrons. The first-order valence-electron chi connectivity index (χ1n) is 8.05. The van der Waals surface area contributed by atoms with Crippen molar-refractivity contribution in [3.8, 4) is 5.75 Å². The van der Waals surface area contributed by atoms with E-state index in [9.17, 15) is 18.0 Å². The molecule has 1 fully saturated rings. The number of nitrogens with zero attached hydrogens (tertiary/aromatic N) is 2. The number of benzene rings is 1. The molecule has 8 heteroatoms. The number of oxazole rings is 1. The molecule has 2 heterocycles. The number of hydrogen-bond acceptors (Lipinski definition) is 4. The maximum atomic E-state index is 13.0. The topological polar surface area (TPSA) is 55.6 Å². The van der Waals surface area contributed by atoms with Gasteiger partial charge in [0.2, 0.25) is 0 Å². The summed E-state index contributed by atoms with van der Waals surface area (Å²) in [7, 11) is 0. The zero-order chi connectivity index (χ0) is 17.6. The number of aromatic nitrogens is 1. The van der Waals surface area contributed by atoms with Gasteiger partial charge < -0.3 is 9.15 Å². The summed E-state index contributed by atoms with van der Waals surface area (Å²) >= 11 is 0. The minimum absolute atomic E-state index is 0.0965. The Morgan fingerprint density at radius 2 is 2.08 bits per heavy atom. The molecule has 0 bridgehead atoms. The van der Waals surface area contributed by atoms with E-state index < -0.39 is 17.6 Å². The smallest absolute Gasteiger partial charge is 0.416 e. The van der Waals surface area contributed by atoms with Crippen molar-refractivity contribution in [2.24, 2.45) is 0 Å². The number of ether oxygens (including phenoxy) is 1. The van der Waals surface area contributed by atoms with Gasteiger partial charge in [-0.3, -0.25) is 9.69 Å². The lowest BCUT2D eigenvalue weighted by Gasteiger charge is -2.29. The Bertz CT molecular complexity index is 812. The summed E-state index contributed by atoms with van der Waals surface area (Å²) in [6.45, 7) is 0.357. The summed E-state index contributed by atoms with van der Waals surface area (Å²) in [5, 5.41) is 0. The first-order chi connectivity index (χ1) is 11.9. The molecular weight excluding hydrogens is 337 g/mol. The van der Waals surface area contributed by atoms with Crippen LogP contribution >= 0.6 is 0 Å². The second-order valence-corrected chi connectivity index (χ2v) is 6.18. The molecule has 1 aromatic carbocycles. The zero-order valence-electron chi connectivity index (χ0n) is 13.2. The van der Waals surface area contributed by atoms with E-state index >= 15 is 0 Å². The second kappa shape index (κ2) is 5.79. The van der Waals surface area contributed by atoms with Crippen LogP contribution in [-0.2, 0) is 6.18 Å². The third-order valence-corrected chi connectivity index (χ3v) is 4.59. The molecule has 1 aliphatic carbocycles. The van der Waals surface area contributed by atoms with Crippen LogP contribution in [0.3, 0.4) is 0 Å². The summed E-state index contributed by atoms with van der Waals surface area (Å²) < 4.78 is 49.7. The van der Waals surface area contributed by atoms with Gasteiger partial charge in [0.1, 0.15) is 18.6 Å². The van der Waals surface area contributed by atoms with Crippen molar-refractivity contribution in [1.82, 2.24) is 4.98 Å². The van der Waals surface area contributed by atoms with Crippen molar-refractivity contribution in [1.29, 1.82) is 0 Å². The van der Waals surface area contributed by atoms with Crippen LogP contribution in [-0.4, -0.2) is 24.0 Å². The number of carbonyl (C=O) groups excluding carboxylic acids is 1. The van der Waals surface area contributed by atoms with Crippen molar-refractivity contribution >= 4 is 11.6 Å². The molecule has 0 unspecified atom stereocenters. The number of alkyl halides is 3. The molecule has 5 nitrogen and oxygen atoms in total. The van der Waals surface area contributed by atoms with E-state index in [0.29, 0.717) is 5.89 Å². The molecule has 0 saturated heterocycles. The zero-order valence-corrected chi connectivity index (χ0v) is 13.2. The molecule has 1 aromatic heterocycles. The highest BCUT2D eigenvalue weighted by Crippen LogP contribution is 2.39. The molecule has 2 aromatic rings. The largest absolute Gasteiger partial charge is 0.490 e. The van der Waals surface area contributed by atoms with E-state index in [4.69, 9.17) is 9.15 Å². The van der Waals surface area contributed by atoms with Crippen molar-refractivity contribution in [3.05, 3.63) is 41.6 Å². The van der Waals surface area contributed by atoms with Gasteiger partial charge in [-0.1, -0.05) is 6.42 Å². The number of amides is 1. The van der Waals surface area contributed by atoms with E-state index in [0.717, 1.165) is 31.4 Å². The Morgan fingerprint density at radius 1 is 1.28 bits per heavy atom. The second-order valence-electron chi connectivity index (χ2n) is 6.18. The lowest BCUT2D eigenvalue weighted by Crippen LogP contribution is -2.38. The SMILES string of the molecule is O=C(c1coc(C2CCC2)n1)N1CCOc2ccc(C(F)(F)F)cc21. The van der Waals surface area contributed by atoms with Gasteiger partial charge in [0.15, 0.2) is 11.6 Å². The van der Waals surface area contributed by atoms with Gasteiger partial charge in [-0.15, -0.1) is 0 Å². The number of carbonyl (C=O) groups is 1. The van der Waals surface area contributed by atoms with E-state index in [1.54, 1.807) is 0 Å². The first kappa shape index (κ1) is 16.0. The van der Waals surface area contributed by atoms with Crippen molar-refractivity contribution in [3.63, 3.8) is 0 Å². The fourth-order valence-corrected chi connectivity index (χ4v) is 2.97. The first-order valence-corrected chi connectivity index (χ1v) is 8.05. The standard InChI is InChI=1S/C17H15F3N2O3/c18-17(19,20)11-4-5-14-13(8-11)22(6-7-24-14)16(23)12-9-25-15(21-12)10-2-1-3-10/h4-5,8-10H,1-3,6-7H2. The molecule has 1 amide bonds. The van der Waals surface area contributed by atoms with Crippen molar-refractivity contribution < 1.29 is 27.1 Å². The average molecular weight is 352 g/mol. The summed E-state index contributed by atoms with van der Waals surface area (Å²) in [4.78, 5) is 18.2. The Labute approximate surface area is 141 Å². The predicted molar refractivity (Wildman–Crippen MR) is 81.7 cm³/mol. The average Bonchev–Trinajstić information content (AvgIpc) is 3.00. The van der Waals surface area contributed by atoms with Crippen LogP contribution in [0, 0.1) is 0 Å². The van der Waals surface area contributed by atoms with Crippen LogP contribution in [0.2, 0.25) is 0 Å². The van der Waals surface area contributed by atoms with Crippen LogP contribution in [0.1, 0.15) is 47.1 Å². The minimum atomic E-state index is -4.49. The normalized spacial score (nSPS) is 17.6. The molecule has 1 aliphatic heterocycles. The number of rotatable bonds is 2. The minimum Gasteiger partial charge on any atom is -0.490 e. The summed E-state index contributed by atoms with van der Waals surface area (Å²) in [6, 6.07) is 3.11. The highest BCUT2D eigenvalue weighted by Gasteiger charge is 2.34. The Hall–Kier alpha value is -2.51. The molecule has 2 aliphatic rings. The molecule has 0 N–H and O–H groups in total. The van der Waals surface area contributed by atoms with Gasteiger partial charge >= 0.3 is 6.18 Å². The molecule has 4 rings (SSSR count). The molecule has 0 atom stereocenters. The van der Waals surface area contributed by atoms with Crippen LogP contribution in [0.15, 0.2) is 28.9 Å². The van der Waals surface area contributed by atoms with Crippen molar-refractivity contribution in [2.45, 2.75) is 31.4 Å². The summed E-state index contributed by atoms with van der Waals surface area (Å²) in [6.07, 6.45) is -0.161. The summed E-state index contributed by atoms with van der Waals surface area (Å²) in [5.74, 6) is 0.510. The van der Waals surface area contributed by atoms with Gasteiger partial charge in [0.25, 0.3) is 5.91 Å². The van der Waals surface area contributed by atoms with Crippen LogP contribution < -0.4 is 9.64 Å². The van der Waals surface area contributed by atoms with E-state index in [1.807, 2.05) is 0 Å². The fourth-order valence-electron chi connectivity index (χ4n) is 2.97. The van der Waals surface area contributed by atoms with Crippen LogP contribution in [0.4, 0.5) is 18.9 Å². The number of halogens is 3. The number of hydrogen-bond donors (Lipinski definition) is 0. The Morgan fingerprint density at radius 3 is 2.76 bits per heavy atom. The number of fused-ring (bicyclic) bond motifs is 1. The maximum Gasteiger partial charge on any atom is 0.416 e. The van der Waals surface area contributed by atoms with E-state index in [-0.39, 0.29) is 36.2 Å². The maximum absolute atomic E-state index is 13.0. The predicted octanol–water partition coefficient (Wildman–Crippen LogP) is 4.00.